The van der Waals surface area contributed by atoms with E-state index in [9.17, 15) is 0 Å². The highest BCUT2D eigenvalue weighted by atomic mass is 79.9. The zero-order valence-electron chi connectivity index (χ0n) is 12.7. The van der Waals surface area contributed by atoms with Crippen molar-refractivity contribution >= 4 is 15.9 Å². The predicted molar refractivity (Wildman–Crippen MR) is 85.3 cm³/mol. The molecule has 0 aliphatic rings. The molecule has 0 aliphatic heterocycles. The van der Waals surface area contributed by atoms with Crippen LogP contribution in [0.5, 0.6) is 5.75 Å². The molecule has 0 unspecified atom stereocenters. The molecule has 0 bridgehead atoms. The van der Waals surface area contributed by atoms with E-state index in [0.717, 1.165) is 28.2 Å². The van der Waals surface area contributed by atoms with Crippen LogP contribution in [-0.2, 0) is 13.2 Å². The molecule has 1 aromatic carbocycles. The standard InChI is InChI=1S/C16H21BrN2O/c1-6-19-14(15(17)13(5)18-19)9-20-16-11(3)8-7-10(2)12(16)4/h7-8H,6,9H2,1-5H3. The molecule has 0 radical (unpaired) electrons. The summed E-state index contributed by atoms with van der Waals surface area (Å²) in [6.45, 7) is 11.8. The molecular weight excluding hydrogens is 316 g/mol. The highest BCUT2D eigenvalue weighted by molar-refractivity contribution is 9.10. The average Bonchev–Trinajstić information content (AvgIpc) is 2.70. The fraction of sp³-hybridized carbons (Fsp3) is 0.438. The monoisotopic (exact) mass is 336 g/mol. The zero-order valence-corrected chi connectivity index (χ0v) is 14.3. The summed E-state index contributed by atoms with van der Waals surface area (Å²) in [6, 6.07) is 4.24. The van der Waals surface area contributed by atoms with Crippen LogP contribution < -0.4 is 4.74 Å². The molecule has 2 rings (SSSR count). The number of hydrogen-bond donors (Lipinski definition) is 0. The van der Waals surface area contributed by atoms with Crippen LogP contribution in [0.15, 0.2) is 16.6 Å². The van der Waals surface area contributed by atoms with Crippen LogP contribution >= 0.6 is 15.9 Å². The minimum atomic E-state index is 0.528. The second kappa shape index (κ2) is 6.00. The van der Waals surface area contributed by atoms with Gasteiger partial charge in [-0.3, -0.25) is 4.68 Å². The number of halogens is 1. The van der Waals surface area contributed by atoms with E-state index in [1.165, 1.54) is 16.7 Å². The van der Waals surface area contributed by atoms with E-state index in [1.807, 2.05) is 11.6 Å². The van der Waals surface area contributed by atoms with Crippen molar-refractivity contribution in [3.63, 3.8) is 0 Å². The SMILES string of the molecule is CCn1nc(C)c(Br)c1COc1c(C)ccc(C)c1C. The van der Waals surface area contributed by atoms with Crippen molar-refractivity contribution in [1.82, 2.24) is 9.78 Å². The molecule has 0 saturated carbocycles. The van der Waals surface area contributed by atoms with Gasteiger partial charge in [-0.2, -0.15) is 5.10 Å². The molecule has 20 heavy (non-hydrogen) atoms. The number of hydrogen-bond acceptors (Lipinski definition) is 2. The second-order valence-electron chi connectivity index (χ2n) is 5.10. The van der Waals surface area contributed by atoms with Crippen molar-refractivity contribution in [2.45, 2.75) is 47.8 Å². The lowest BCUT2D eigenvalue weighted by molar-refractivity contribution is 0.287. The normalized spacial score (nSPS) is 10.9. The molecule has 0 amide bonds. The maximum Gasteiger partial charge on any atom is 0.131 e. The molecule has 0 N–H and O–H groups in total. The molecule has 4 heteroatoms. The topological polar surface area (TPSA) is 27.1 Å². The first kappa shape index (κ1) is 15.1. The van der Waals surface area contributed by atoms with Crippen molar-refractivity contribution < 1.29 is 4.74 Å². The molecular formula is C16H21BrN2O. The first-order valence-electron chi connectivity index (χ1n) is 6.87. The van der Waals surface area contributed by atoms with Crippen LogP contribution in [0.2, 0.25) is 0 Å². The Hall–Kier alpha value is -1.29. The Morgan fingerprint density at radius 1 is 1.15 bits per heavy atom. The van der Waals surface area contributed by atoms with Gasteiger partial charge in [-0.1, -0.05) is 12.1 Å². The molecule has 1 heterocycles. The Kier molecular flexibility index (Phi) is 4.53. The molecule has 0 atom stereocenters. The van der Waals surface area contributed by atoms with Crippen molar-refractivity contribution in [1.29, 1.82) is 0 Å². The van der Waals surface area contributed by atoms with Crippen molar-refractivity contribution in [2.75, 3.05) is 0 Å². The maximum atomic E-state index is 6.08. The average molecular weight is 337 g/mol. The minimum absolute atomic E-state index is 0.528. The van der Waals surface area contributed by atoms with Gasteiger partial charge in [0.25, 0.3) is 0 Å². The van der Waals surface area contributed by atoms with E-state index in [4.69, 9.17) is 4.74 Å². The van der Waals surface area contributed by atoms with Crippen LogP contribution in [0.1, 0.15) is 35.0 Å². The molecule has 0 saturated heterocycles. The van der Waals surface area contributed by atoms with Crippen LogP contribution in [0.3, 0.4) is 0 Å². The van der Waals surface area contributed by atoms with Gasteiger partial charge in [0, 0.05) is 6.54 Å². The summed E-state index contributed by atoms with van der Waals surface area (Å²) in [5.41, 5.74) is 5.72. The van der Waals surface area contributed by atoms with Crippen LogP contribution in [0.25, 0.3) is 0 Å². The van der Waals surface area contributed by atoms with Gasteiger partial charge in [0.05, 0.1) is 15.9 Å². The summed E-state index contributed by atoms with van der Waals surface area (Å²) in [5.74, 6) is 0.985. The number of aromatic nitrogens is 2. The van der Waals surface area contributed by atoms with Gasteiger partial charge in [0.15, 0.2) is 0 Å². The predicted octanol–water partition coefficient (Wildman–Crippen LogP) is 4.48. The van der Waals surface area contributed by atoms with E-state index in [2.05, 4.69) is 60.9 Å². The van der Waals surface area contributed by atoms with E-state index in [-0.39, 0.29) is 0 Å². The molecule has 2 aromatic rings. The van der Waals surface area contributed by atoms with Gasteiger partial charge in [0.2, 0.25) is 0 Å². The van der Waals surface area contributed by atoms with E-state index >= 15 is 0 Å². The third-order valence-corrected chi connectivity index (χ3v) is 4.71. The smallest absolute Gasteiger partial charge is 0.131 e. The number of nitrogens with zero attached hydrogens (tertiary/aromatic N) is 2. The summed E-state index contributed by atoms with van der Waals surface area (Å²) in [5, 5.41) is 4.49. The lowest BCUT2D eigenvalue weighted by atomic mass is 10.1. The van der Waals surface area contributed by atoms with Gasteiger partial charge < -0.3 is 4.74 Å². The van der Waals surface area contributed by atoms with Crippen LogP contribution in [0.4, 0.5) is 0 Å². The number of ether oxygens (including phenoxy) is 1. The van der Waals surface area contributed by atoms with E-state index in [1.54, 1.807) is 0 Å². The molecule has 3 nitrogen and oxygen atoms in total. The largest absolute Gasteiger partial charge is 0.487 e. The lowest BCUT2D eigenvalue weighted by Crippen LogP contribution is -2.08. The molecule has 0 spiro atoms. The Morgan fingerprint density at radius 2 is 1.80 bits per heavy atom. The minimum Gasteiger partial charge on any atom is -0.487 e. The number of benzene rings is 1. The second-order valence-corrected chi connectivity index (χ2v) is 5.90. The molecule has 108 valence electrons. The first-order valence-corrected chi connectivity index (χ1v) is 7.66. The van der Waals surface area contributed by atoms with Crippen LogP contribution in [0, 0.1) is 27.7 Å². The van der Waals surface area contributed by atoms with Gasteiger partial charge in [-0.25, -0.2) is 0 Å². The summed E-state index contributed by atoms with van der Waals surface area (Å²) in [6.07, 6.45) is 0. The summed E-state index contributed by atoms with van der Waals surface area (Å²) < 4.78 is 9.11. The fourth-order valence-electron chi connectivity index (χ4n) is 2.30. The zero-order chi connectivity index (χ0) is 14.9. The molecule has 1 aromatic heterocycles. The number of aryl methyl sites for hydroxylation is 4. The van der Waals surface area contributed by atoms with Gasteiger partial charge in [0.1, 0.15) is 12.4 Å². The molecule has 0 aliphatic carbocycles. The summed E-state index contributed by atoms with van der Waals surface area (Å²) >= 11 is 3.60. The van der Waals surface area contributed by atoms with Crippen molar-refractivity contribution in [2.24, 2.45) is 0 Å². The first-order chi connectivity index (χ1) is 9.45. The Balaban J connectivity index is 2.28. The maximum absolute atomic E-state index is 6.08. The highest BCUT2D eigenvalue weighted by Gasteiger charge is 2.14. The van der Waals surface area contributed by atoms with Crippen LogP contribution in [-0.4, -0.2) is 9.78 Å². The molecule has 0 fully saturated rings. The van der Waals surface area contributed by atoms with E-state index in [0.29, 0.717) is 6.61 Å². The van der Waals surface area contributed by atoms with Crippen molar-refractivity contribution in [3.8, 4) is 5.75 Å². The lowest BCUT2D eigenvalue weighted by Gasteiger charge is -2.14. The quantitative estimate of drug-likeness (QED) is 0.823. The Bertz CT molecular complexity index is 632. The third kappa shape index (κ3) is 2.75. The third-order valence-electron chi connectivity index (χ3n) is 3.68. The van der Waals surface area contributed by atoms with Gasteiger partial charge >= 0.3 is 0 Å². The highest BCUT2D eigenvalue weighted by Crippen LogP contribution is 2.28. The fourth-order valence-corrected chi connectivity index (χ4v) is 2.69. The summed E-state index contributed by atoms with van der Waals surface area (Å²) in [4.78, 5) is 0. The van der Waals surface area contributed by atoms with Gasteiger partial charge in [-0.15, -0.1) is 0 Å². The summed E-state index contributed by atoms with van der Waals surface area (Å²) in [7, 11) is 0. The van der Waals surface area contributed by atoms with Crippen molar-refractivity contribution in [3.05, 3.63) is 44.7 Å². The number of rotatable bonds is 4. The Labute approximate surface area is 129 Å². The van der Waals surface area contributed by atoms with E-state index < -0.39 is 0 Å². The Morgan fingerprint density at radius 3 is 2.45 bits per heavy atom. The van der Waals surface area contributed by atoms with Gasteiger partial charge in [-0.05, 0) is 67.2 Å².